The van der Waals surface area contributed by atoms with Crippen molar-refractivity contribution in [1.82, 2.24) is 10.0 Å². The highest BCUT2D eigenvalue weighted by Gasteiger charge is 2.20. The van der Waals surface area contributed by atoms with Crippen LogP contribution in [0.15, 0.2) is 23.1 Å². The molecule has 1 atom stereocenters. The molecule has 0 aliphatic heterocycles. The van der Waals surface area contributed by atoms with E-state index in [4.69, 9.17) is 4.74 Å². The lowest BCUT2D eigenvalue weighted by atomic mass is 10.0. The smallest absolute Gasteiger partial charge is 0.251 e. The highest BCUT2D eigenvalue weighted by atomic mass is 32.2. The van der Waals surface area contributed by atoms with E-state index in [0.29, 0.717) is 11.5 Å². The summed E-state index contributed by atoms with van der Waals surface area (Å²) in [7, 11) is -0.997. The van der Waals surface area contributed by atoms with Crippen LogP contribution in [0.3, 0.4) is 0 Å². The standard InChI is InChI=1S/C17H28N2O4S/c1-12(2)7-6-8-13(3)19-17(20)14-9-10-15(23-5)16(11-14)24(21,22)18-4/h9-13,18H,6-8H2,1-5H3,(H,19,20)/t13-/m0/s1. The van der Waals surface area contributed by atoms with Crippen molar-refractivity contribution in [3.8, 4) is 5.75 Å². The molecule has 136 valence electrons. The first kappa shape index (κ1) is 20.4. The van der Waals surface area contributed by atoms with Gasteiger partial charge < -0.3 is 10.1 Å². The number of ether oxygens (including phenoxy) is 1. The van der Waals surface area contributed by atoms with E-state index in [1.807, 2.05) is 6.92 Å². The lowest BCUT2D eigenvalue weighted by molar-refractivity contribution is 0.0937. The van der Waals surface area contributed by atoms with Gasteiger partial charge in [-0.1, -0.05) is 26.7 Å². The predicted molar refractivity (Wildman–Crippen MR) is 94.9 cm³/mol. The first-order chi connectivity index (χ1) is 11.2. The van der Waals surface area contributed by atoms with E-state index in [9.17, 15) is 13.2 Å². The van der Waals surface area contributed by atoms with Crippen molar-refractivity contribution in [2.24, 2.45) is 5.92 Å². The Kier molecular flexibility index (Phi) is 7.69. The molecule has 24 heavy (non-hydrogen) atoms. The fourth-order valence-corrected chi connectivity index (χ4v) is 3.27. The lowest BCUT2D eigenvalue weighted by Gasteiger charge is -2.15. The molecule has 0 saturated carbocycles. The molecule has 2 N–H and O–H groups in total. The molecule has 0 heterocycles. The summed E-state index contributed by atoms with van der Waals surface area (Å²) in [6.07, 6.45) is 3.05. The second-order valence-corrected chi connectivity index (χ2v) is 8.13. The van der Waals surface area contributed by atoms with Crippen LogP contribution >= 0.6 is 0 Å². The minimum absolute atomic E-state index is 0.0303. The minimum atomic E-state index is -3.70. The molecule has 0 bridgehead atoms. The van der Waals surface area contributed by atoms with Crippen LogP contribution in [0.2, 0.25) is 0 Å². The molecule has 0 aliphatic rings. The maximum absolute atomic E-state index is 12.4. The third kappa shape index (κ3) is 5.79. The van der Waals surface area contributed by atoms with Crippen molar-refractivity contribution in [2.45, 2.75) is 51.0 Å². The number of hydrogen-bond donors (Lipinski definition) is 2. The first-order valence-electron chi connectivity index (χ1n) is 8.13. The molecule has 1 amide bonds. The van der Waals surface area contributed by atoms with Crippen molar-refractivity contribution in [3.05, 3.63) is 23.8 Å². The number of benzene rings is 1. The molecule has 0 radical (unpaired) electrons. The minimum Gasteiger partial charge on any atom is -0.495 e. The van der Waals surface area contributed by atoms with Crippen molar-refractivity contribution in [3.63, 3.8) is 0 Å². The molecule has 0 unspecified atom stereocenters. The number of rotatable bonds is 9. The van der Waals surface area contributed by atoms with E-state index in [1.54, 1.807) is 6.07 Å². The van der Waals surface area contributed by atoms with E-state index < -0.39 is 10.0 Å². The second-order valence-electron chi connectivity index (χ2n) is 6.27. The van der Waals surface area contributed by atoms with Crippen LogP contribution in [0, 0.1) is 5.92 Å². The van der Waals surface area contributed by atoms with Gasteiger partial charge >= 0.3 is 0 Å². The first-order valence-corrected chi connectivity index (χ1v) is 9.62. The number of methoxy groups -OCH3 is 1. The Balaban J connectivity index is 2.86. The van der Waals surface area contributed by atoms with Gasteiger partial charge in [0, 0.05) is 11.6 Å². The fraction of sp³-hybridized carbons (Fsp3) is 0.588. The van der Waals surface area contributed by atoms with Gasteiger partial charge in [-0.2, -0.15) is 0 Å². The molecular formula is C17H28N2O4S. The Labute approximate surface area is 145 Å². The van der Waals surface area contributed by atoms with Gasteiger partial charge in [0.1, 0.15) is 10.6 Å². The van der Waals surface area contributed by atoms with E-state index in [0.717, 1.165) is 19.3 Å². The number of nitrogens with one attached hydrogen (secondary N) is 2. The Morgan fingerprint density at radius 1 is 1.21 bits per heavy atom. The van der Waals surface area contributed by atoms with Crippen LogP contribution in [0.4, 0.5) is 0 Å². The van der Waals surface area contributed by atoms with Crippen LogP contribution in [0.25, 0.3) is 0 Å². The van der Waals surface area contributed by atoms with E-state index in [2.05, 4.69) is 23.9 Å². The summed E-state index contributed by atoms with van der Waals surface area (Å²) in [5.74, 6) is 0.553. The van der Waals surface area contributed by atoms with Gasteiger partial charge in [0.25, 0.3) is 5.91 Å². The summed E-state index contributed by atoms with van der Waals surface area (Å²) in [5.41, 5.74) is 0.292. The average molecular weight is 356 g/mol. The summed E-state index contributed by atoms with van der Waals surface area (Å²) in [4.78, 5) is 12.3. The molecule has 0 spiro atoms. The van der Waals surface area contributed by atoms with E-state index in [-0.39, 0.29) is 22.6 Å². The predicted octanol–water partition coefficient (Wildman–Crippen LogP) is 2.55. The second kappa shape index (κ2) is 9.03. The highest BCUT2D eigenvalue weighted by Crippen LogP contribution is 2.24. The molecule has 7 heteroatoms. The van der Waals surface area contributed by atoms with Crippen LogP contribution in [-0.4, -0.2) is 34.5 Å². The summed E-state index contributed by atoms with van der Waals surface area (Å²) in [5, 5.41) is 2.91. The van der Waals surface area contributed by atoms with Gasteiger partial charge in [0.05, 0.1) is 7.11 Å². The van der Waals surface area contributed by atoms with E-state index in [1.165, 1.54) is 26.3 Å². The fourth-order valence-electron chi connectivity index (χ4n) is 2.35. The van der Waals surface area contributed by atoms with Crippen LogP contribution in [0.5, 0.6) is 5.75 Å². The Bertz CT molecular complexity index is 657. The lowest BCUT2D eigenvalue weighted by Crippen LogP contribution is -2.32. The van der Waals surface area contributed by atoms with E-state index >= 15 is 0 Å². The summed E-state index contributed by atoms with van der Waals surface area (Å²) < 4.78 is 31.4. The normalized spacial score (nSPS) is 12.9. The van der Waals surface area contributed by atoms with Gasteiger partial charge in [0.15, 0.2) is 0 Å². The summed E-state index contributed by atoms with van der Waals surface area (Å²) in [6.45, 7) is 6.29. The number of carbonyl (C=O) groups is 1. The SMILES string of the molecule is CNS(=O)(=O)c1cc(C(=O)N[C@@H](C)CCCC(C)C)ccc1OC. The summed E-state index contributed by atoms with van der Waals surface area (Å²) in [6, 6.07) is 4.41. The molecule has 6 nitrogen and oxygen atoms in total. The molecule has 0 saturated heterocycles. The molecule has 1 aromatic rings. The number of hydrogen-bond acceptors (Lipinski definition) is 4. The Hall–Kier alpha value is -1.60. The molecular weight excluding hydrogens is 328 g/mol. The zero-order chi connectivity index (χ0) is 18.3. The topological polar surface area (TPSA) is 84.5 Å². The Morgan fingerprint density at radius 3 is 2.42 bits per heavy atom. The summed E-state index contributed by atoms with van der Waals surface area (Å²) >= 11 is 0. The van der Waals surface area contributed by atoms with Crippen LogP contribution in [0.1, 0.15) is 50.4 Å². The third-order valence-corrected chi connectivity index (χ3v) is 5.22. The Morgan fingerprint density at radius 2 is 1.88 bits per heavy atom. The van der Waals surface area contributed by atoms with Crippen molar-refractivity contribution in [1.29, 1.82) is 0 Å². The van der Waals surface area contributed by atoms with Crippen molar-refractivity contribution < 1.29 is 17.9 Å². The largest absolute Gasteiger partial charge is 0.495 e. The van der Waals surface area contributed by atoms with Crippen LogP contribution in [-0.2, 0) is 10.0 Å². The van der Waals surface area contributed by atoms with Gasteiger partial charge in [-0.25, -0.2) is 13.1 Å². The quantitative estimate of drug-likeness (QED) is 0.712. The molecule has 0 aliphatic carbocycles. The highest BCUT2D eigenvalue weighted by molar-refractivity contribution is 7.89. The third-order valence-electron chi connectivity index (χ3n) is 3.78. The molecule has 1 rings (SSSR count). The number of amides is 1. The van der Waals surface area contributed by atoms with Gasteiger partial charge in [-0.05, 0) is 44.5 Å². The number of carbonyl (C=O) groups excluding carboxylic acids is 1. The maximum Gasteiger partial charge on any atom is 0.251 e. The van der Waals surface area contributed by atoms with Crippen molar-refractivity contribution in [2.75, 3.05) is 14.2 Å². The maximum atomic E-state index is 12.4. The average Bonchev–Trinajstić information content (AvgIpc) is 2.53. The zero-order valence-electron chi connectivity index (χ0n) is 15.0. The van der Waals surface area contributed by atoms with Crippen LogP contribution < -0.4 is 14.8 Å². The molecule has 1 aromatic carbocycles. The molecule has 0 aromatic heterocycles. The van der Waals surface area contributed by atoms with Gasteiger partial charge in [0.2, 0.25) is 10.0 Å². The van der Waals surface area contributed by atoms with Gasteiger partial charge in [-0.15, -0.1) is 0 Å². The molecule has 0 fully saturated rings. The zero-order valence-corrected chi connectivity index (χ0v) is 15.9. The van der Waals surface area contributed by atoms with Crippen molar-refractivity contribution >= 4 is 15.9 Å². The van der Waals surface area contributed by atoms with Gasteiger partial charge in [-0.3, -0.25) is 4.79 Å². The monoisotopic (exact) mass is 356 g/mol. The number of sulfonamides is 1.